The molecule has 0 rings (SSSR count). The predicted molar refractivity (Wildman–Crippen MR) is 34.7 cm³/mol. The lowest BCUT2D eigenvalue weighted by Gasteiger charge is -1.70. The molecule has 0 saturated carbocycles. The summed E-state index contributed by atoms with van der Waals surface area (Å²) < 4.78 is 0. The van der Waals surface area contributed by atoms with Crippen LogP contribution in [0.5, 0.6) is 0 Å². The van der Waals surface area contributed by atoms with Crippen molar-refractivity contribution in [3.05, 3.63) is 12.8 Å². The van der Waals surface area contributed by atoms with Gasteiger partial charge < -0.3 is 5.32 Å². The van der Waals surface area contributed by atoms with Gasteiger partial charge in [-0.2, -0.15) is 0 Å². The van der Waals surface area contributed by atoms with Crippen molar-refractivity contribution < 1.29 is 0 Å². The SMILES string of the molecule is C=CNC.I. The predicted octanol–water partition coefficient (Wildman–Crippen LogP) is 0.967. The molecule has 2 heteroatoms. The van der Waals surface area contributed by atoms with Crippen molar-refractivity contribution in [2.45, 2.75) is 0 Å². The molecular weight excluding hydrogens is 177 g/mol. The average molecular weight is 185 g/mol. The number of halogens is 1. The van der Waals surface area contributed by atoms with Gasteiger partial charge in [-0.25, -0.2) is 0 Å². The number of rotatable bonds is 1. The standard InChI is InChI=1S/C3H7N.HI/c1-3-4-2;/h3-4H,1H2,2H3;1H. The van der Waals surface area contributed by atoms with Crippen molar-refractivity contribution in [2.75, 3.05) is 7.05 Å². The Morgan fingerprint density at radius 3 is 2.00 bits per heavy atom. The average Bonchev–Trinajstić information content (AvgIpc) is 1.37. The zero-order valence-corrected chi connectivity index (χ0v) is 5.52. The molecule has 0 aromatic heterocycles. The third kappa shape index (κ3) is 13.6. The van der Waals surface area contributed by atoms with E-state index in [-0.39, 0.29) is 24.0 Å². The van der Waals surface area contributed by atoms with Gasteiger partial charge in [-0.05, 0) is 6.20 Å². The summed E-state index contributed by atoms with van der Waals surface area (Å²) in [7, 11) is 1.81. The van der Waals surface area contributed by atoms with Crippen molar-refractivity contribution in [3.8, 4) is 0 Å². The van der Waals surface area contributed by atoms with Crippen LogP contribution in [0.15, 0.2) is 12.8 Å². The summed E-state index contributed by atoms with van der Waals surface area (Å²) in [6, 6.07) is 0. The summed E-state index contributed by atoms with van der Waals surface area (Å²) in [4.78, 5) is 0. The lowest BCUT2D eigenvalue weighted by atomic mass is 11.0. The van der Waals surface area contributed by atoms with E-state index < -0.39 is 0 Å². The fraction of sp³-hybridized carbons (Fsp3) is 0.333. The lowest BCUT2D eigenvalue weighted by molar-refractivity contribution is 1.11. The molecule has 0 amide bonds. The largest absolute Gasteiger partial charge is 0.394 e. The Morgan fingerprint density at radius 2 is 2.00 bits per heavy atom. The van der Waals surface area contributed by atoms with Crippen LogP contribution < -0.4 is 5.32 Å². The fourth-order valence-electron chi connectivity index (χ4n) is 0. The van der Waals surface area contributed by atoms with Crippen LogP contribution in [0.3, 0.4) is 0 Å². The normalized spacial score (nSPS) is 4.20. The third-order valence-electron chi connectivity index (χ3n) is 0.204. The molecule has 0 atom stereocenters. The van der Waals surface area contributed by atoms with Crippen LogP contribution in [0.1, 0.15) is 0 Å². The summed E-state index contributed by atoms with van der Waals surface area (Å²) >= 11 is 0. The molecule has 1 nitrogen and oxygen atoms in total. The van der Waals surface area contributed by atoms with E-state index in [1.165, 1.54) is 0 Å². The van der Waals surface area contributed by atoms with Crippen LogP contribution in [0.2, 0.25) is 0 Å². The van der Waals surface area contributed by atoms with Gasteiger partial charge >= 0.3 is 0 Å². The summed E-state index contributed by atoms with van der Waals surface area (Å²) in [6.45, 7) is 3.37. The molecule has 0 fully saturated rings. The fourth-order valence-corrected chi connectivity index (χ4v) is 0. The van der Waals surface area contributed by atoms with E-state index in [2.05, 4.69) is 11.9 Å². The minimum atomic E-state index is 0. The Morgan fingerprint density at radius 1 is 1.80 bits per heavy atom. The smallest absolute Gasteiger partial charge is 0.00275 e. The van der Waals surface area contributed by atoms with Gasteiger partial charge in [-0.15, -0.1) is 24.0 Å². The highest BCUT2D eigenvalue weighted by atomic mass is 127. The molecule has 0 aliphatic carbocycles. The summed E-state index contributed by atoms with van der Waals surface area (Å²) in [5.74, 6) is 0. The Kier molecular flexibility index (Phi) is 15.9. The summed E-state index contributed by atoms with van der Waals surface area (Å²) in [5.41, 5.74) is 0. The van der Waals surface area contributed by atoms with E-state index in [0.29, 0.717) is 0 Å². The Labute approximate surface area is 49.5 Å². The zero-order valence-electron chi connectivity index (χ0n) is 3.19. The van der Waals surface area contributed by atoms with Crippen molar-refractivity contribution in [1.29, 1.82) is 0 Å². The summed E-state index contributed by atoms with van der Waals surface area (Å²) in [5, 5.41) is 2.69. The highest BCUT2D eigenvalue weighted by Gasteiger charge is 1.35. The second-order valence-corrected chi connectivity index (χ2v) is 0.493. The van der Waals surface area contributed by atoms with Gasteiger partial charge in [0.15, 0.2) is 0 Å². The molecule has 1 N–H and O–H groups in total. The van der Waals surface area contributed by atoms with Gasteiger partial charge in [-0.1, -0.05) is 6.58 Å². The van der Waals surface area contributed by atoms with Crippen molar-refractivity contribution >= 4 is 24.0 Å². The minimum Gasteiger partial charge on any atom is -0.394 e. The first-order valence-corrected chi connectivity index (χ1v) is 1.20. The molecule has 0 spiro atoms. The van der Waals surface area contributed by atoms with Gasteiger partial charge in [0.05, 0.1) is 0 Å². The lowest BCUT2D eigenvalue weighted by Crippen LogP contribution is -1.87. The van der Waals surface area contributed by atoms with E-state index in [1.807, 2.05) is 7.05 Å². The van der Waals surface area contributed by atoms with Gasteiger partial charge in [0.1, 0.15) is 0 Å². The molecule has 0 saturated heterocycles. The first kappa shape index (κ1) is 8.99. The molecule has 5 heavy (non-hydrogen) atoms. The Bertz CT molecular complexity index is 20.9. The van der Waals surface area contributed by atoms with Crippen LogP contribution in [0, 0.1) is 0 Å². The van der Waals surface area contributed by atoms with E-state index in [1.54, 1.807) is 6.20 Å². The maximum absolute atomic E-state index is 3.37. The van der Waals surface area contributed by atoms with Crippen LogP contribution in [-0.4, -0.2) is 7.05 Å². The number of nitrogens with one attached hydrogen (secondary N) is 1. The molecule has 0 aliphatic heterocycles. The molecule has 0 unspecified atom stereocenters. The number of hydrogen-bond acceptors (Lipinski definition) is 1. The van der Waals surface area contributed by atoms with Crippen LogP contribution in [-0.2, 0) is 0 Å². The first-order valence-electron chi connectivity index (χ1n) is 1.20. The number of hydrogen-bond donors (Lipinski definition) is 1. The van der Waals surface area contributed by atoms with E-state index in [0.717, 1.165) is 0 Å². The van der Waals surface area contributed by atoms with E-state index in [4.69, 9.17) is 0 Å². The van der Waals surface area contributed by atoms with Crippen LogP contribution in [0.25, 0.3) is 0 Å². The first-order chi connectivity index (χ1) is 1.91. The van der Waals surface area contributed by atoms with Crippen LogP contribution in [0.4, 0.5) is 0 Å². The molecule has 0 aromatic carbocycles. The molecule has 32 valence electrons. The second kappa shape index (κ2) is 8.86. The van der Waals surface area contributed by atoms with Crippen molar-refractivity contribution in [3.63, 3.8) is 0 Å². The molecule has 0 bridgehead atoms. The molecule has 0 radical (unpaired) electrons. The second-order valence-electron chi connectivity index (χ2n) is 0.493. The Balaban J connectivity index is 0. The zero-order chi connectivity index (χ0) is 3.41. The quantitative estimate of drug-likeness (QED) is 0.600. The minimum absolute atomic E-state index is 0. The molecule has 0 heterocycles. The highest BCUT2D eigenvalue weighted by molar-refractivity contribution is 14.0. The van der Waals surface area contributed by atoms with E-state index in [9.17, 15) is 0 Å². The van der Waals surface area contributed by atoms with E-state index >= 15 is 0 Å². The third-order valence-corrected chi connectivity index (χ3v) is 0.204. The highest BCUT2D eigenvalue weighted by Crippen LogP contribution is 1.32. The van der Waals surface area contributed by atoms with Gasteiger partial charge in [0.25, 0.3) is 0 Å². The van der Waals surface area contributed by atoms with Gasteiger partial charge in [-0.3, -0.25) is 0 Å². The molecular formula is C3H8IN. The molecule has 0 aromatic rings. The summed E-state index contributed by atoms with van der Waals surface area (Å²) in [6.07, 6.45) is 1.62. The van der Waals surface area contributed by atoms with Crippen molar-refractivity contribution in [2.24, 2.45) is 0 Å². The van der Waals surface area contributed by atoms with Crippen LogP contribution >= 0.6 is 24.0 Å². The maximum Gasteiger partial charge on any atom is 0.00275 e. The van der Waals surface area contributed by atoms with Gasteiger partial charge in [0, 0.05) is 7.05 Å². The monoisotopic (exact) mass is 185 g/mol. The topological polar surface area (TPSA) is 12.0 Å². The van der Waals surface area contributed by atoms with Gasteiger partial charge in [0.2, 0.25) is 0 Å². The van der Waals surface area contributed by atoms with Crippen molar-refractivity contribution in [1.82, 2.24) is 5.32 Å². The molecule has 0 aliphatic rings. The maximum atomic E-state index is 3.37. The Hall–Kier alpha value is 0.270.